The monoisotopic (exact) mass is 220 g/mol. The van der Waals surface area contributed by atoms with Gasteiger partial charge in [0.2, 0.25) is 0 Å². The summed E-state index contributed by atoms with van der Waals surface area (Å²) in [5, 5.41) is 0. The highest BCUT2D eigenvalue weighted by Crippen LogP contribution is 2.33. The van der Waals surface area contributed by atoms with Crippen LogP contribution in [0.15, 0.2) is 22.3 Å². The van der Waals surface area contributed by atoms with E-state index in [1.807, 2.05) is 0 Å². The smallest absolute Gasteiger partial charge is 0.0173 e. The van der Waals surface area contributed by atoms with Gasteiger partial charge in [0.25, 0.3) is 0 Å². The van der Waals surface area contributed by atoms with Crippen molar-refractivity contribution in [2.24, 2.45) is 5.41 Å². The zero-order valence-electron chi connectivity index (χ0n) is 12.0. The van der Waals surface area contributed by atoms with Gasteiger partial charge in [-0.1, -0.05) is 43.1 Å². The molecule has 0 aromatic heterocycles. The summed E-state index contributed by atoms with van der Waals surface area (Å²) in [6.45, 7) is 13.9. The highest BCUT2D eigenvalue weighted by Gasteiger charge is 2.15. The first-order chi connectivity index (χ1) is 7.32. The van der Waals surface area contributed by atoms with Crippen LogP contribution in [0.3, 0.4) is 0 Å². The summed E-state index contributed by atoms with van der Waals surface area (Å²) in [6, 6.07) is 0. The normalized spacial score (nSPS) is 18.0. The molecule has 0 amide bonds. The molecular weight excluding hydrogens is 192 g/mol. The van der Waals surface area contributed by atoms with Crippen LogP contribution in [0.25, 0.3) is 0 Å². The summed E-state index contributed by atoms with van der Waals surface area (Å²) >= 11 is 0. The second-order valence-electron chi connectivity index (χ2n) is 6.39. The zero-order valence-corrected chi connectivity index (χ0v) is 12.0. The van der Waals surface area contributed by atoms with Gasteiger partial charge in [-0.3, -0.25) is 0 Å². The third kappa shape index (κ3) is 3.50. The van der Waals surface area contributed by atoms with Gasteiger partial charge in [0.15, 0.2) is 0 Å². The van der Waals surface area contributed by atoms with Crippen LogP contribution in [0.1, 0.15) is 73.6 Å². The lowest BCUT2D eigenvalue weighted by molar-refractivity contribution is 0.495. The molecule has 16 heavy (non-hydrogen) atoms. The molecule has 0 N–H and O–H groups in total. The molecule has 0 nitrogen and oxygen atoms in total. The molecule has 0 unspecified atom stereocenters. The lowest BCUT2D eigenvalue weighted by Gasteiger charge is -2.24. The fraction of sp³-hybridized carbons (Fsp3) is 0.750. The van der Waals surface area contributed by atoms with Crippen molar-refractivity contribution < 1.29 is 0 Å². The van der Waals surface area contributed by atoms with E-state index >= 15 is 0 Å². The molecule has 1 fully saturated rings. The third-order valence-electron chi connectivity index (χ3n) is 4.20. The molecule has 0 spiro atoms. The molecule has 0 aromatic carbocycles. The fourth-order valence-electron chi connectivity index (χ4n) is 2.16. The number of hydrogen-bond donors (Lipinski definition) is 0. The van der Waals surface area contributed by atoms with Crippen LogP contribution < -0.4 is 0 Å². The minimum Gasteiger partial charge on any atom is -0.0738 e. The van der Waals surface area contributed by atoms with Crippen LogP contribution >= 0.6 is 0 Å². The molecule has 0 bridgehead atoms. The van der Waals surface area contributed by atoms with Crippen molar-refractivity contribution in [3.05, 3.63) is 22.3 Å². The zero-order chi connectivity index (χ0) is 12.3. The predicted molar refractivity (Wildman–Crippen MR) is 73.6 cm³/mol. The second-order valence-corrected chi connectivity index (χ2v) is 6.39. The van der Waals surface area contributed by atoms with Crippen LogP contribution in [0.4, 0.5) is 0 Å². The van der Waals surface area contributed by atoms with E-state index in [4.69, 9.17) is 0 Å². The second kappa shape index (κ2) is 5.21. The van der Waals surface area contributed by atoms with Crippen LogP contribution in [0.5, 0.6) is 0 Å². The Balaban J connectivity index is 2.55. The maximum absolute atomic E-state index is 2.33. The Hall–Kier alpha value is -0.520. The summed E-state index contributed by atoms with van der Waals surface area (Å²) in [7, 11) is 0. The maximum Gasteiger partial charge on any atom is -0.0173 e. The van der Waals surface area contributed by atoms with Crippen molar-refractivity contribution in [1.29, 1.82) is 0 Å². The highest BCUT2D eigenvalue weighted by molar-refractivity contribution is 5.21. The van der Waals surface area contributed by atoms with Gasteiger partial charge in [-0.25, -0.2) is 0 Å². The van der Waals surface area contributed by atoms with Crippen LogP contribution in [0.2, 0.25) is 0 Å². The van der Waals surface area contributed by atoms with E-state index in [9.17, 15) is 0 Å². The fourth-order valence-corrected chi connectivity index (χ4v) is 2.16. The minimum absolute atomic E-state index is 0.335. The van der Waals surface area contributed by atoms with Crippen LogP contribution in [0, 0.1) is 5.41 Å². The molecular formula is C16H28. The SMILES string of the molecule is CC(CCC(C)=C(C)C(C)(C)C)=C1CCC1. The van der Waals surface area contributed by atoms with E-state index in [-0.39, 0.29) is 0 Å². The lowest BCUT2D eigenvalue weighted by Crippen LogP contribution is -2.09. The predicted octanol–water partition coefficient (Wildman–Crippen LogP) is 5.65. The maximum atomic E-state index is 2.33. The lowest BCUT2D eigenvalue weighted by atomic mass is 9.82. The standard InChI is InChI=1S/C16H28/c1-12(14(3)16(4,5)6)10-11-13(2)15-8-7-9-15/h7-11H2,1-6H3. The minimum atomic E-state index is 0.335. The molecule has 0 aromatic rings. The van der Waals surface area contributed by atoms with E-state index in [1.54, 1.807) is 22.3 Å². The first-order valence-corrected chi connectivity index (χ1v) is 6.66. The summed E-state index contributed by atoms with van der Waals surface area (Å²) in [5.74, 6) is 0. The van der Waals surface area contributed by atoms with Crippen LogP contribution in [-0.2, 0) is 0 Å². The molecule has 92 valence electrons. The number of allylic oxidation sites excluding steroid dienone is 4. The molecule has 1 rings (SSSR count). The van der Waals surface area contributed by atoms with Gasteiger partial charge in [-0.15, -0.1) is 0 Å². The van der Waals surface area contributed by atoms with Crippen LogP contribution in [-0.4, -0.2) is 0 Å². The van der Waals surface area contributed by atoms with Gasteiger partial charge in [-0.05, 0) is 58.3 Å². The average molecular weight is 220 g/mol. The van der Waals surface area contributed by atoms with Gasteiger partial charge in [-0.2, -0.15) is 0 Å². The van der Waals surface area contributed by atoms with Crippen molar-refractivity contribution >= 4 is 0 Å². The molecule has 0 saturated heterocycles. The average Bonchev–Trinajstić information content (AvgIpc) is 2.08. The Morgan fingerprint density at radius 3 is 1.94 bits per heavy atom. The Labute approximate surface area is 102 Å². The first-order valence-electron chi connectivity index (χ1n) is 6.66. The Morgan fingerprint density at radius 2 is 1.56 bits per heavy atom. The molecule has 0 aliphatic heterocycles. The quantitative estimate of drug-likeness (QED) is 0.539. The van der Waals surface area contributed by atoms with E-state index in [0.717, 1.165) is 0 Å². The largest absolute Gasteiger partial charge is 0.0738 e. The summed E-state index contributed by atoms with van der Waals surface area (Å²) in [5.41, 5.74) is 6.89. The highest BCUT2D eigenvalue weighted by atomic mass is 14.2. The van der Waals surface area contributed by atoms with Gasteiger partial charge >= 0.3 is 0 Å². The van der Waals surface area contributed by atoms with E-state index in [1.165, 1.54) is 32.1 Å². The molecule has 0 radical (unpaired) electrons. The third-order valence-corrected chi connectivity index (χ3v) is 4.20. The van der Waals surface area contributed by atoms with Crippen molar-refractivity contribution in [1.82, 2.24) is 0 Å². The van der Waals surface area contributed by atoms with Crippen molar-refractivity contribution in [2.75, 3.05) is 0 Å². The molecule has 1 aliphatic carbocycles. The first kappa shape index (κ1) is 13.5. The summed E-state index contributed by atoms with van der Waals surface area (Å²) in [6.07, 6.45) is 6.68. The topological polar surface area (TPSA) is 0 Å². The van der Waals surface area contributed by atoms with Crippen molar-refractivity contribution in [3.8, 4) is 0 Å². The molecule has 0 heterocycles. The van der Waals surface area contributed by atoms with Gasteiger partial charge in [0, 0.05) is 0 Å². The molecule has 1 saturated carbocycles. The van der Waals surface area contributed by atoms with Gasteiger partial charge in [0.1, 0.15) is 0 Å². The summed E-state index contributed by atoms with van der Waals surface area (Å²) < 4.78 is 0. The van der Waals surface area contributed by atoms with E-state index in [2.05, 4.69) is 41.5 Å². The number of rotatable bonds is 3. The molecule has 1 aliphatic rings. The van der Waals surface area contributed by atoms with Crippen molar-refractivity contribution in [3.63, 3.8) is 0 Å². The Bertz CT molecular complexity index is 301. The molecule has 0 atom stereocenters. The Kier molecular flexibility index (Phi) is 4.41. The van der Waals surface area contributed by atoms with Crippen molar-refractivity contribution in [2.45, 2.75) is 73.6 Å². The summed E-state index contributed by atoms with van der Waals surface area (Å²) in [4.78, 5) is 0. The van der Waals surface area contributed by atoms with E-state index < -0.39 is 0 Å². The molecule has 0 heteroatoms. The Morgan fingerprint density at radius 1 is 1.00 bits per heavy atom. The number of hydrogen-bond acceptors (Lipinski definition) is 0. The van der Waals surface area contributed by atoms with Gasteiger partial charge in [0.05, 0.1) is 0 Å². The van der Waals surface area contributed by atoms with Gasteiger partial charge < -0.3 is 0 Å². The van der Waals surface area contributed by atoms with E-state index in [0.29, 0.717) is 5.41 Å².